The number of amides is 1. The molecule has 1 aromatic heterocycles. The zero-order valence-electron chi connectivity index (χ0n) is 10.2. The van der Waals surface area contributed by atoms with Crippen LogP contribution in [0.5, 0.6) is 0 Å². The number of imidazole rings is 1. The average Bonchev–Trinajstić information content (AvgIpc) is 2.64. The second-order valence-corrected chi connectivity index (χ2v) is 4.61. The van der Waals surface area contributed by atoms with Crippen LogP contribution in [-0.2, 0) is 23.1 Å². The first-order chi connectivity index (χ1) is 8.01. The first-order valence-corrected chi connectivity index (χ1v) is 5.64. The second kappa shape index (κ2) is 4.46. The number of carbonyl (C=O) groups is 1. The summed E-state index contributed by atoms with van der Waals surface area (Å²) in [5.74, 6) is 0.556. The van der Waals surface area contributed by atoms with Crippen molar-refractivity contribution in [2.45, 2.75) is 19.1 Å². The maximum Gasteiger partial charge on any atom is 0.250 e. The minimum Gasteiger partial charge on any atom is -0.367 e. The van der Waals surface area contributed by atoms with Gasteiger partial charge in [-0.1, -0.05) is 0 Å². The van der Waals surface area contributed by atoms with Gasteiger partial charge < -0.3 is 15.0 Å². The molecule has 0 bridgehead atoms. The third kappa shape index (κ3) is 2.48. The molecule has 1 saturated heterocycles. The summed E-state index contributed by atoms with van der Waals surface area (Å²) >= 11 is 0. The second-order valence-electron chi connectivity index (χ2n) is 4.61. The van der Waals surface area contributed by atoms with Crippen molar-refractivity contribution >= 4 is 5.91 Å². The van der Waals surface area contributed by atoms with E-state index >= 15 is 0 Å². The van der Waals surface area contributed by atoms with Gasteiger partial charge in [0.1, 0.15) is 5.82 Å². The van der Waals surface area contributed by atoms with E-state index in [4.69, 9.17) is 10.5 Å². The molecule has 1 fully saturated rings. The number of carbonyl (C=O) groups excluding carboxylic acids is 1. The molecule has 0 radical (unpaired) electrons. The van der Waals surface area contributed by atoms with E-state index in [9.17, 15) is 4.79 Å². The Morgan fingerprint density at radius 2 is 2.47 bits per heavy atom. The molecule has 17 heavy (non-hydrogen) atoms. The van der Waals surface area contributed by atoms with Gasteiger partial charge in [-0.15, -0.1) is 0 Å². The Bertz CT molecular complexity index is 417. The highest BCUT2D eigenvalue weighted by molar-refractivity contribution is 5.83. The summed E-state index contributed by atoms with van der Waals surface area (Å²) in [4.78, 5) is 17.7. The molecule has 0 aromatic carbocycles. The Morgan fingerprint density at radius 3 is 3.06 bits per heavy atom. The van der Waals surface area contributed by atoms with Gasteiger partial charge in [0.05, 0.1) is 13.2 Å². The number of rotatable bonds is 3. The molecule has 94 valence electrons. The Morgan fingerprint density at radius 1 is 1.71 bits per heavy atom. The highest BCUT2D eigenvalue weighted by Crippen LogP contribution is 2.18. The van der Waals surface area contributed by atoms with Gasteiger partial charge in [-0.25, -0.2) is 4.98 Å². The quantitative estimate of drug-likeness (QED) is 0.770. The smallest absolute Gasteiger partial charge is 0.250 e. The van der Waals surface area contributed by atoms with Gasteiger partial charge in [0, 0.05) is 32.5 Å². The van der Waals surface area contributed by atoms with Gasteiger partial charge >= 0.3 is 0 Å². The van der Waals surface area contributed by atoms with Gasteiger partial charge in [0.25, 0.3) is 5.91 Å². The maximum atomic E-state index is 11.3. The fourth-order valence-corrected chi connectivity index (χ4v) is 1.98. The molecule has 2 heterocycles. The number of hydrogen-bond donors (Lipinski definition) is 1. The standard InChI is InChI=1S/C11H18N4O2/c1-11(10(12)16)8-15(5-6-17-11)7-9-13-3-4-14(9)2/h3-4H,5-8H2,1-2H3,(H2,12,16). The van der Waals surface area contributed by atoms with Crippen LogP contribution in [0.4, 0.5) is 0 Å². The lowest BCUT2D eigenvalue weighted by molar-refractivity contribution is -0.153. The fraction of sp³-hybridized carbons (Fsp3) is 0.636. The molecule has 1 atom stereocenters. The van der Waals surface area contributed by atoms with Crippen LogP contribution in [-0.4, -0.2) is 45.7 Å². The molecular formula is C11H18N4O2. The zero-order valence-corrected chi connectivity index (χ0v) is 10.2. The molecule has 1 amide bonds. The van der Waals surface area contributed by atoms with E-state index in [2.05, 4.69) is 9.88 Å². The van der Waals surface area contributed by atoms with Crippen molar-refractivity contribution in [3.05, 3.63) is 18.2 Å². The number of morpholine rings is 1. The van der Waals surface area contributed by atoms with Crippen LogP contribution in [0.3, 0.4) is 0 Å². The van der Waals surface area contributed by atoms with Crippen molar-refractivity contribution in [3.63, 3.8) is 0 Å². The van der Waals surface area contributed by atoms with Crippen molar-refractivity contribution < 1.29 is 9.53 Å². The van der Waals surface area contributed by atoms with E-state index < -0.39 is 11.5 Å². The highest BCUT2D eigenvalue weighted by atomic mass is 16.5. The molecule has 1 unspecified atom stereocenters. The lowest BCUT2D eigenvalue weighted by Crippen LogP contribution is -2.56. The summed E-state index contributed by atoms with van der Waals surface area (Å²) in [5.41, 5.74) is 4.47. The van der Waals surface area contributed by atoms with Crippen LogP contribution < -0.4 is 5.73 Å². The van der Waals surface area contributed by atoms with Crippen LogP contribution in [0.15, 0.2) is 12.4 Å². The predicted molar refractivity (Wildman–Crippen MR) is 62.0 cm³/mol. The van der Waals surface area contributed by atoms with Crippen LogP contribution in [0, 0.1) is 0 Å². The summed E-state index contributed by atoms with van der Waals surface area (Å²) in [6.07, 6.45) is 3.67. The maximum absolute atomic E-state index is 11.3. The third-order valence-corrected chi connectivity index (χ3v) is 3.16. The van der Waals surface area contributed by atoms with Gasteiger partial charge in [-0.2, -0.15) is 0 Å². The summed E-state index contributed by atoms with van der Waals surface area (Å²) in [6.45, 7) is 4.25. The largest absolute Gasteiger partial charge is 0.367 e. The fourth-order valence-electron chi connectivity index (χ4n) is 1.98. The Balaban J connectivity index is 2.03. The van der Waals surface area contributed by atoms with E-state index in [1.54, 1.807) is 13.1 Å². The molecule has 0 spiro atoms. The molecule has 0 saturated carbocycles. The topological polar surface area (TPSA) is 73.4 Å². The van der Waals surface area contributed by atoms with E-state index in [1.165, 1.54) is 0 Å². The number of nitrogens with two attached hydrogens (primary N) is 1. The van der Waals surface area contributed by atoms with E-state index in [0.29, 0.717) is 19.7 Å². The summed E-state index contributed by atoms with van der Waals surface area (Å²) in [5, 5.41) is 0. The molecule has 1 aromatic rings. The van der Waals surface area contributed by atoms with Gasteiger partial charge in [-0.3, -0.25) is 9.69 Å². The number of nitrogens with zero attached hydrogens (tertiary/aromatic N) is 3. The SMILES string of the molecule is Cn1ccnc1CN1CCOC(C)(C(N)=O)C1. The van der Waals surface area contributed by atoms with Gasteiger partial charge in [-0.05, 0) is 6.92 Å². The Labute approximate surface area is 100 Å². The van der Waals surface area contributed by atoms with Crippen molar-refractivity contribution in [3.8, 4) is 0 Å². The molecule has 2 rings (SSSR count). The third-order valence-electron chi connectivity index (χ3n) is 3.16. The van der Waals surface area contributed by atoms with E-state index in [0.717, 1.165) is 12.4 Å². The molecule has 0 aliphatic carbocycles. The Kier molecular flexibility index (Phi) is 3.17. The first-order valence-electron chi connectivity index (χ1n) is 5.64. The van der Waals surface area contributed by atoms with Crippen molar-refractivity contribution in [2.24, 2.45) is 12.8 Å². The normalized spacial score (nSPS) is 26.0. The summed E-state index contributed by atoms with van der Waals surface area (Å²) < 4.78 is 7.43. The number of hydrogen-bond acceptors (Lipinski definition) is 4. The minimum absolute atomic E-state index is 0.415. The Hall–Kier alpha value is -1.40. The zero-order chi connectivity index (χ0) is 12.5. The van der Waals surface area contributed by atoms with Crippen LogP contribution in [0.25, 0.3) is 0 Å². The molecule has 6 nitrogen and oxygen atoms in total. The summed E-state index contributed by atoms with van der Waals surface area (Å²) in [6, 6.07) is 0. The monoisotopic (exact) mass is 238 g/mol. The number of primary amides is 1. The van der Waals surface area contributed by atoms with Crippen LogP contribution in [0.1, 0.15) is 12.7 Å². The number of aromatic nitrogens is 2. The molecule has 6 heteroatoms. The molecule has 2 N–H and O–H groups in total. The lowest BCUT2D eigenvalue weighted by atomic mass is 10.0. The van der Waals surface area contributed by atoms with Crippen molar-refractivity contribution in [1.29, 1.82) is 0 Å². The van der Waals surface area contributed by atoms with Crippen LogP contribution in [0.2, 0.25) is 0 Å². The number of aryl methyl sites for hydroxylation is 1. The molecular weight excluding hydrogens is 220 g/mol. The van der Waals surface area contributed by atoms with Gasteiger partial charge in [0.2, 0.25) is 0 Å². The van der Waals surface area contributed by atoms with Crippen LogP contribution >= 0.6 is 0 Å². The first kappa shape index (κ1) is 12.1. The minimum atomic E-state index is -0.886. The van der Waals surface area contributed by atoms with E-state index in [1.807, 2.05) is 17.8 Å². The molecule has 1 aliphatic rings. The average molecular weight is 238 g/mol. The highest BCUT2D eigenvalue weighted by Gasteiger charge is 2.37. The summed E-state index contributed by atoms with van der Waals surface area (Å²) in [7, 11) is 1.95. The van der Waals surface area contributed by atoms with Gasteiger partial charge in [0.15, 0.2) is 5.60 Å². The van der Waals surface area contributed by atoms with E-state index in [-0.39, 0.29) is 0 Å². The number of ether oxygens (including phenoxy) is 1. The van der Waals surface area contributed by atoms with Crippen molar-refractivity contribution in [1.82, 2.24) is 14.5 Å². The lowest BCUT2D eigenvalue weighted by Gasteiger charge is -2.38. The molecule has 1 aliphatic heterocycles. The predicted octanol–water partition coefficient (Wildman–Crippen LogP) is -0.504. The van der Waals surface area contributed by atoms with Crippen molar-refractivity contribution in [2.75, 3.05) is 19.7 Å².